The molecule has 17 heavy (non-hydrogen) atoms. The van der Waals surface area contributed by atoms with E-state index in [0.29, 0.717) is 11.6 Å². The van der Waals surface area contributed by atoms with Gasteiger partial charge in [0.2, 0.25) is 0 Å². The molecule has 0 aromatic heterocycles. The topological polar surface area (TPSA) is 34.1 Å². The second-order valence-electron chi connectivity index (χ2n) is 5.23. The molecule has 1 atom stereocenters. The lowest BCUT2D eigenvalue weighted by Crippen LogP contribution is -2.05. The van der Waals surface area contributed by atoms with Crippen LogP contribution in [0.15, 0.2) is 0 Å². The quantitative estimate of drug-likeness (QED) is 0.504. The number of rotatable bonds is 11. The average molecular weight is 240 g/mol. The molecule has 0 heterocycles. The van der Waals surface area contributed by atoms with Crippen molar-refractivity contribution in [2.75, 3.05) is 0 Å². The van der Waals surface area contributed by atoms with E-state index in [2.05, 4.69) is 0 Å². The van der Waals surface area contributed by atoms with Gasteiger partial charge in [0.15, 0.2) is 0 Å². The number of hydrogen-bond acceptors (Lipinski definition) is 2. The van der Waals surface area contributed by atoms with Crippen molar-refractivity contribution < 1.29 is 9.59 Å². The molecule has 1 unspecified atom stereocenters. The highest BCUT2D eigenvalue weighted by molar-refractivity contribution is 5.77. The summed E-state index contributed by atoms with van der Waals surface area (Å²) in [5, 5.41) is 0. The largest absolute Gasteiger partial charge is 0.300 e. The van der Waals surface area contributed by atoms with Gasteiger partial charge in [-0.15, -0.1) is 0 Å². The number of hydrogen-bond donors (Lipinski definition) is 0. The third-order valence-corrected chi connectivity index (χ3v) is 3.36. The van der Waals surface area contributed by atoms with Crippen LogP contribution in [0.3, 0.4) is 0 Å². The molecule has 100 valence electrons. The van der Waals surface area contributed by atoms with Gasteiger partial charge in [0.25, 0.3) is 0 Å². The molecule has 0 aliphatic heterocycles. The number of unbranched alkanes of at least 4 members (excludes halogenated alkanes) is 6. The van der Waals surface area contributed by atoms with Crippen LogP contribution in [0.1, 0.15) is 78.6 Å². The summed E-state index contributed by atoms with van der Waals surface area (Å²) < 4.78 is 0. The Balaban J connectivity index is 3.14. The van der Waals surface area contributed by atoms with Crippen molar-refractivity contribution in [2.45, 2.75) is 78.6 Å². The van der Waals surface area contributed by atoms with Gasteiger partial charge in [0.05, 0.1) is 0 Å². The molecule has 0 N–H and O–H groups in total. The van der Waals surface area contributed by atoms with Gasteiger partial charge in [-0.2, -0.15) is 0 Å². The molecule has 0 bridgehead atoms. The Labute approximate surface area is 106 Å². The van der Waals surface area contributed by atoms with Gasteiger partial charge in [-0.1, -0.05) is 45.4 Å². The van der Waals surface area contributed by atoms with Gasteiger partial charge in [-0.05, 0) is 26.7 Å². The van der Waals surface area contributed by atoms with E-state index in [1.54, 1.807) is 13.8 Å². The molecule has 0 fully saturated rings. The molecule has 0 spiro atoms. The molecule has 2 heteroatoms. The minimum atomic E-state index is 0.241. The van der Waals surface area contributed by atoms with E-state index in [1.165, 1.54) is 38.5 Å². The number of Topliss-reactive ketones (excluding diaryl/α,β-unsaturated/α-hetero) is 2. The van der Waals surface area contributed by atoms with Crippen LogP contribution >= 0.6 is 0 Å². The zero-order valence-corrected chi connectivity index (χ0v) is 11.8. The van der Waals surface area contributed by atoms with Crippen LogP contribution in [-0.2, 0) is 9.59 Å². The Bertz CT molecular complexity index is 221. The van der Waals surface area contributed by atoms with E-state index in [-0.39, 0.29) is 5.92 Å². The van der Waals surface area contributed by atoms with Crippen LogP contribution < -0.4 is 0 Å². The first-order valence-corrected chi connectivity index (χ1v) is 7.04. The predicted octanol–water partition coefficient (Wildman–Crippen LogP) is 4.31. The van der Waals surface area contributed by atoms with Gasteiger partial charge in [-0.3, -0.25) is 4.79 Å². The average Bonchev–Trinajstić information content (AvgIpc) is 2.25. The Kier molecular flexibility index (Phi) is 10.1. The van der Waals surface area contributed by atoms with Crippen molar-refractivity contribution in [3.8, 4) is 0 Å². The number of ketones is 2. The highest BCUT2D eigenvalue weighted by atomic mass is 16.1. The van der Waals surface area contributed by atoms with Gasteiger partial charge in [0, 0.05) is 12.3 Å². The highest BCUT2D eigenvalue weighted by Crippen LogP contribution is 2.13. The maximum atomic E-state index is 11.0. The lowest BCUT2D eigenvalue weighted by atomic mass is 9.99. The summed E-state index contributed by atoms with van der Waals surface area (Å²) in [6.45, 7) is 5.36. The first kappa shape index (κ1) is 16.3. The summed E-state index contributed by atoms with van der Waals surface area (Å²) in [6.07, 6.45) is 10.2. The second kappa shape index (κ2) is 10.5. The third kappa shape index (κ3) is 11.6. The minimum Gasteiger partial charge on any atom is -0.300 e. The molecular formula is C15H28O2. The van der Waals surface area contributed by atoms with Gasteiger partial charge in [0.1, 0.15) is 11.6 Å². The van der Waals surface area contributed by atoms with Crippen LogP contribution in [0.5, 0.6) is 0 Å². The van der Waals surface area contributed by atoms with Crippen molar-refractivity contribution in [2.24, 2.45) is 5.92 Å². The summed E-state index contributed by atoms with van der Waals surface area (Å²) in [5.41, 5.74) is 0. The smallest absolute Gasteiger partial charge is 0.132 e. The van der Waals surface area contributed by atoms with Gasteiger partial charge >= 0.3 is 0 Å². The molecular weight excluding hydrogens is 212 g/mol. The van der Waals surface area contributed by atoms with Gasteiger partial charge < -0.3 is 4.79 Å². The van der Waals surface area contributed by atoms with Crippen molar-refractivity contribution in [1.82, 2.24) is 0 Å². The molecule has 0 aromatic carbocycles. The molecule has 0 aliphatic carbocycles. The van der Waals surface area contributed by atoms with Crippen molar-refractivity contribution in [3.05, 3.63) is 0 Å². The molecule has 0 saturated heterocycles. The molecule has 0 radical (unpaired) electrons. The third-order valence-electron chi connectivity index (χ3n) is 3.36. The fraction of sp³-hybridized carbons (Fsp3) is 0.867. The Hall–Kier alpha value is -0.660. The van der Waals surface area contributed by atoms with Crippen LogP contribution in [0.2, 0.25) is 0 Å². The first-order chi connectivity index (χ1) is 8.04. The van der Waals surface area contributed by atoms with Crippen LogP contribution in [0, 0.1) is 5.92 Å². The van der Waals surface area contributed by atoms with E-state index in [9.17, 15) is 9.59 Å². The SMILES string of the molecule is CC(=O)CCCCCCCCCC(C)C(C)=O. The lowest BCUT2D eigenvalue weighted by Gasteiger charge is -2.06. The molecule has 0 rings (SSSR count). The highest BCUT2D eigenvalue weighted by Gasteiger charge is 2.05. The van der Waals surface area contributed by atoms with Crippen LogP contribution in [-0.4, -0.2) is 11.6 Å². The normalized spacial score (nSPS) is 12.4. The van der Waals surface area contributed by atoms with E-state index in [1.807, 2.05) is 6.92 Å². The van der Waals surface area contributed by atoms with Crippen molar-refractivity contribution in [1.29, 1.82) is 0 Å². The zero-order valence-electron chi connectivity index (χ0n) is 11.8. The summed E-state index contributed by atoms with van der Waals surface area (Å²) in [6, 6.07) is 0. The minimum absolute atomic E-state index is 0.241. The van der Waals surface area contributed by atoms with E-state index in [4.69, 9.17) is 0 Å². The summed E-state index contributed by atoms with van der Waals surface area (Å²) in [5.74, 6) is 0.864. The maximum absolute atomic E-state index is 11.0. The molecule has 0 aromatic rings. The van der Waals surface area contributed by atoms with Crippen molar-refractivity contribution >= 4 is 11.6 Å². The Morgan fingerprint density at radius 2 is 1.29 bits per heavy atom. The summed E-state index contributed by atoms with van der Waals surface area (Å²) in [4.78, 5) is 21.7. The molecule has 2 nitrogen and oxygen atoms in total. The van der Waals surface area contributed by atoms with Crippen LogP contribution in [0.4, 0.5) is 0 Å². The monoisotopic (exact) mass is 240 g/mol. The summed E-state index contributed by atoms with van der Waals surface area (Å²) in [7, 11) is 0. The maximum Gasteiger partial charge on any atom is 0.132 e. The lowest BCUT2D eigenvalue weighted by molar-refractivity contribution is -0.120. The second-order valence-corrected chi connectivity index (χ2v) is 5.23. The predicted molar refractivity (Wildman–Crippen MR) is 72.1 cm³/mol. The van der Waals surface area contributed by atoms with E-state index < -0.39 is 0 Å². The molecule has 0 amide bonds. The zero-order chi connectivity index (χ0) is 13.1. The van der Waals surface area contributed by atoms with E-state index in [0.717, 1.165) is 19.3 Å². The molecule has 0 aliphatic rings. The fourth-order valence-electron chi connectivity index (χ4n) is 1.91. The number of carbonyl (C=O) groups excluding carboxylic acids is 2. The van der Waals surface area contributed by atoms with Crippen LogP contribution in [0.25, 0.3) is 0 Å². The number of carbonyl (C=O) groups is 2. The Morgan fingerprint density at radius 3 is 1.76 bits per heavy atom. The van der Waals surface area contributed by atoms with Gasteiger partial charge in [-0.25, -0.2) is 0 Å². The molecule has 0 saturated carbocycles. The fourth-order valence-corrected chi connectivity index (χ4v) is 1.91. The summed E-state index contributed by atoms with van der Waals surface area (Å²) >= 11 is 0. The Morgan fingerprint density at radius 1 is 0.824 bits per heavy atom. The van der Waals surface area contributed by atoms with Crippen molar-refractivity contribution in [3.63, 3.8) is 0 Å². The first-order valence-electron chi connectivity index (χ1n) is 7.04. The van der Waals surface area contributed by atoms with E-state index >= 15 is 0 Å². The standard InChI is InChI=1S/C15H28O2/c1-13(15(3)17)11-9-7-5-4-6-8-10-12-14(2)16/h13H,4-12H2,1-3H3.